The van der Waals surface area contributed by atoms with Gasteiger partial charge in [-0.05, 0) is 47.3 Å². The average Bonchev–Trinajstić information content (AvgIpc) is 2.63. The molecule has 1 fully saturated rings. The molecule has 0 aliphatic heterocycles. The lowest BCUT2D eigenvalue weighted by Crippen LogP contribution is -2.45. The topological polar surface area (TPSA) is 44.1 Å². The Bertz CT molecular complexity index is 473. The molecule has 0 atom stereocenters. The summed E-state index contributed by atoms with van der Waals surface area (Å²) < 4.78 is 1.06. The summed E-state index contributed by atoms with van der Waals surface area (Å²) in [6.45, 7) is 0.582. The van der Waals surface area contributed by atoms with Crippen LogP contribution in [0.3, 0.4) is 0 Å². The fourth-order valence-corrected chi connectivity index (χ4v) is 3.55. The zero-order valence-corrected chi connectivity index (χ0v) is 12.0. The number of halogens is 1. The maximum atomic E-state index is 12.2. The normalized spacial score (nSPS) is 17.0. The Kier molecular flexibility index (Phi) is 3.55. The van der Waals surface area contributed by atoms with E-state index in [2.05, 4.69) is 22.0 Å². The minimum Gasteiger partial charge on any atom is -0.339 e. The molecule has 1 aromatic heterocycles. The summed E-state index contributed by atoms with van der Waals surface area (Å²) in [5, 5.41) is 9.12. The van der Waals surface area contributed by atoms with Crippen molar-refractivity contribution in [3.05, 3.63) is 20.8 Å². The van der Waals surface area contributed by atoms with Gasteiger partial charge in [0, 0.05) is 11.9 Å². The summed E-state index contributed by atoms with van der Waals surface area (Å²) in [7, 11) is 1.77. The highest BCUT2D eigenvalue weighted by Gasteiger charge is 2.46. The minimum absolute atomic E-state index is 0.0317. The van der Waals surface area contributed by atoms with Gasteiger partial charge in [0.1, 0.15) is 5.41 Å². The van der Waals surface area contributed by atoms with E-state index in [9.17, 15) is 4.79 Å². The Morgan fingerprint density at radius 1 is 1.65 bits per heavy atom. The standard InChI is InChI=1S/C12H13BrN2OS/c1-15(7-9-3-4-10(13)17-9)11(16)12(8-14)5-2-6-12/h3-4H,2,5-7H2,1H3. The fraction of sp³-hybridized carbons (Fsp3) is 0.500. The molecule has 1 heterocycles. The molecule has 0 bridgehead atoms. The molecular weight excluding hydrogens is 300 g/mol. The smallest absolute Gasteiger partial charge is 0.243 e. The third-order valence-corrected chi connectivity index (χ3v) is 4.81. The first kappa shape index (κ1) is 12.6. The van der Waals surface area contributed by atoms with E-state index in [0.29, 0.717) is 19.4 Å². The van der Waals surface area contributed by atoms with Gasteiger partial charge in [-0.1, -0.05) is 0 Å². The van der Waals surface area contributed by atoms with Gasteiger partial charge in [0.15, 0.2) is 0 Å². The van der Waals surface area contributed by atoms with Gasteiger partial charge in [0.25, 0.3) is 0 Å². The Balaban J connectivity index is 2.03. The molecule has 1 amide bonds. The monoisotopic (exact) mass is 312 g/mol. The summed E-state index contributed by atoms with van der Waals surface area (Å²) in [5.74, 6) is -0.0317. The summed E-state index contributed by atoms with van der Waals surface area (Å²) in [5.41, 5.74) is -0.733. The van der Waals surface area contributed by atoms with Gasteiger partial charge < -0.3 is 4.90 Å². The number of nitriles is 1. The fourth-order valence-electron chi connectivity index (χ4n) is 2.01. The van der Waals surface area contributed by atoms with Crippen LogP contribution in [0.4, 0.5) is 0 Å². The summed E-state index contributed by atoms with van der Waals surface area (Å²) in [6.07, 6.45) is 2.40. The van der Waals surface area contributed by atoms with E-state index in [0.717, 1.165) is 15.1 Å². The quantitative estimate of drug-likeness (QED) is 0.860. The molecule has 0 radical (unpaired) electrons. The zero-order chi connectivity index (χ0) is 12.5. The predicted molar refractivity (Wildman–Crippen MR) is 70.4 cm³/mol. The second-order valence-corrected chi connectivity index (χ2v) is 6.96. The van der Waals surface area contributed by atoms with Gasteiger partial charge in [0.2, 0.25) is 5.91 Å². The predicted octanol–water partition coefficient (Wildman–Crippen LogP) is 3.16. The van der Waals surface area contributed by atoms with Crippen molar-refractivity contribution < 1.29 is 4.79 Å². The zero-order valence-electron chi connectivity index (χ0n) is 9.57. The van der Waals surface area contributed by atoms with Crippen LogP contribution in [0.1, 0.15) is 24.1 Å². The number of thiophene rings is 1. The second-order valence-electron chi connectivity index (χ2n) is 4.41. The Labute approximate surface area is 113 Å². The van der Waals surface area contributed by atoms with Crippen LogP contribution in [-0.4, -0.2) is 17.9 Å². The van der Waals surface area contributed by atoms with Crippen molar-refractivity contribution in [2.45, 2.75) is 25.8 Å². The van der Waals surface area contributed by atoms with Crippen molar-refractivity contribution in [2.24, 2.45) is 5.41 Å². The van der Waals surface area contributed by atoms with Crippen LogP contribution in [-0.2, 0) is 11.3 Å². The summed E-state index contributed by atoms with van der Waals surface area (Å²) in [4.78, 5) is 15.0. The molecular formula is C12H13BrN2OS. The summed E-state index contributed by atoms with van der Waals surface area (Å²) >= 11 is 5.02. The van der Waals surface area contributed by atoms with E-state index >= 15 is 0 Å². The first-order valence-electron chi connectivity index (χ1n) is 5.48. The number of hydrogen-bond acceptors (Lipinski definition) is 3. The lowest BCUT2D eigenvalue weighted by atomic mass is 9.69. The van der Waals surface area contributed by atoms with E-state index in [4.69, 9.17) is 5.26 Å². The first-order chi connectivity index (χ1) is 8.07. The molecule has 0 unspecified atom stereocenters. The largest absolute Gasteiger partial charge is 0.339 e. The number of carbonyl (C=O) groups excluding carboxylic acids is 1. The molecule has 90 valence electrons. The van der Waals surface area contributed by atoms with Gasteiger partial charge in [0.05, 0.1) is 16.4 Å². The molecule has 2 rings (SSSR count). The van der Waals surface area contributed by atoms with Gasteiger partial charge in [-0.3, -0.25) is 4.79 Å². The molecule has 0 saturated heterocycles. The van der Waals surface area contributed by atoms with Crippen LogP contribution in [0.25, 0.3) is 0 Å². The number of rotatable bonds is 3. The van der Waals surface area contributed by atoms with Gasteiger partial charge >= 0.3 is 0 Å². The van der Waals surface area contributed by atoms with Crippen molar-refractivity contribution in [2.75, 3.05) is 7.05 Å². The summed E-state index contributed by atoms with van der Waals surface area (Å²) in [6, 6.07) is 6.16. The molecule has 0 aromatic carbocycles. The lowest BCUT2D eigenvalue weighted by molar-refractivity contribution is -0.142. The van der Waals surface area contributed by atoms with E-state index < -0.39 is 5.41 Å². The van der Waals surface area contributed by atoms with Crippen molar-refractivity contribution in [1.82, 2.24) is 4.90 Å². The van der Waals surface area contributed by atoms with Crippen LogP contribution in [0.5, 0.6) is 0 Å². The average molecular weight is 313 g/mol. The molecule has 1 aromatic rings. The van der Waals surface area contributed by atoms with E-state index in [-0.39, 0.29) is 5.91 Å². The van der Waals surface area contributed by atoms with Crippen molar-refractivity contribution >= 4 is 33.2 Å². The van der Waals surface area contributed by atoms with Gasteiger partial charge in [-0.2, -0.15) is 5.26 Å². The molecule has 1 aliphatic carbocycles. The Morgan fingerprint density at radius 3 is 2.76 bits per heavy atom. The highest BCUT2D eigenvalue weighted by atomic mass is 79.9. The van der Waals surface area contributed by atoms with Crippen LogP contribution >= 0.6 is 27.3 Å². The van der Waals surface area contributed by atoms with Gasteiger partial charge in [-0.25, -0.2) is 0 Å². The van der Waals surface area contributed by atoms with E-state index in [1.807, 2.05) is 12.1 Å². The Morgan fingerprint density at radius 2 is 2.35 bits per heavy atom. The van der Waals surface area contributed by atoms with Crippen molar-refractivity contribution in [1.29, 1.82) is 5.26 Å². The lowest BCUT2D eigenvalue weighted by Gasteiger charge is -2.36. The maximum absolute atomic E-state index is 12.2. The van der Waals surface area contributed by atoms with Gasteiger partial charge in [-0.15, -0.1) is 11.3 Å². The van der Waals surface area contributed by atoms with Crippen molar-refractivity contribution in [3.63, 3.8) is 0 Å². The molecule has 0 spiro atoms. The van der Waals surface area contributed by atoms with Crippen molar-refractivity contribution in [3.8, 4) is 6.07 Å². The van der Waals surface area contributed by atoms with E-state index in [1.54, 1.807) is 23.3 Å². The third-order valence-electron chi connectivity index (χ3n) is 3.20. The highest BCUT2D eigenvalue weighted by Crippen LogP contribution is 2.42. The first-order valence-corrected chi connectivity index (χ1v) is 7.09. The molecule has 1 saturated carbocycles. The van der Waals surface area contributed by atoms with Crippen LogP contribution in [0.2, 0.25) is 0 Å². The highest BCUT2D eigenvalue weighted by molar-refractivity contribution is 9.11. The minimum atomic E-state index is -0.733. The molecule has 17 heavy (non-hydrogen) atoms. The molecule has 1 aliphatic rings. The number of amides is 1. The number of nitrogens with zero attached hydrogens (tertiary/aromatic N) is 2. The van der Waals surface area contributed by atoms with Crippen LogP contribution < -0.4 is 0 Å². The molecule has 5 heteroatoms. The molecule has 3 nitrogen and oxygen atoms in total. The Hall–Kier alpha value is -0.860. The van der Waals surface area contributed by atoms with E-state index in [1.165, 1.54) is 0 Å². The molecule has 0 N–H and O–H groups in total. The van der Waals surface area contributed by atoms with Crippen LogP contribution in [0.15, 0.2) is 15.9 Å². The number of carbonyl (C=O) groups is 1. The number of hydrogen-bond donors (Lipinski definition) is 0. The second kappa shape index (κ2) is 4.79. The van der Waals surface area contributed by atoms with Crippen LogP contribution in [0, 0.1) is 16.7 Å². The SMILES string of the molecule is CN(Cc1ccc(Br)s1)C(=O)C1(C#N)CCC1. The maximum Gasteiger partial charge on any atom is 0.243 e. The third kappa shape index (κ3) is 2.38.